The van der Waals surface area contributed by atoms with Crippen LogP contribution in [0.3, 0.4) is 0 Å². The van der Waals surface area contributed by atoms with Gasteiger partial charge in [-0.1, -0.05) is 18.2 Å². The number of carboxylic acids is 1. The van der Waals surface area contributed by atoms with Gasteiger partial charge in [0, 0.05) is 23.5 Å². The number of nitrogens with two attached hydrogens (primary N) is 1. The second-order valence-electron chi connectivity index (χ2n) is 6.07. The van der Waals surface area contributed by atoms with Crippen LogP contribution in [0.25, 0.3) is 10.9 Å². The van der Waals surface area contributed by atoms with Crippen LogP contribution in [0.5, 0.6) is 0 Å². The van der Waals surface area contributed by atoms with Crippen molar-refractivity contribution in [1.82, 2.24) is 15.6 Å². The minimum atomic E-state index is -1.10. The average Bonchev–Trinajstić information content (AvgIpc) is 3.07. The first-order valence-corrected chi connectivity index (χ1v) is 9.92. The monoisotopic (exact) mass is 392 g/mol. The van der Waals surface area contributed by atoms with Gasteiger partial charge in [-0.2, -0.15) is 11.8 Å². The van der Waals surface area contributed by atoms with Gasteiger partial charge < -0.3 is 26.5 Å². The molecule has 0 aliphatic carbocycles. The second kappa shape index (κ2) is 9.98. The van der Waals surface area contributed by atoms with Crippen LogP contribution in [-0.2, 0) is 20.8 Å². The number of carbonyl (C=O) groups is 3. The maximum atomic E-state index is 12.7. The van der Waals surface area contributed by atoms with Crippen molar-refractivity contribution in [2.45, 2.75) is 24.9 Å². The number of carboxylic acid groups (broad SMARTS) is 1. The Hall–Kier alpha value is -2.52. The number of benzene rings is 1. The highest BCUT2D eigenvalue weighted by Gasteiger charge is 2.27. The zero-order chi connectivity index (χ0) is 19.8. The van der Waals surface area contributed by atoms with Crippen LogP contribution >= 0.6 is 11.8 Å². The van der Waals surface area contributed by atoms with Gasteiger partial charge in [0.1, 0.15) is 12.1 Å². The molecule has 1 aromatic heterocycles. The standard InChI is InChI=1S/C18H24N4O4S/c1-27-7-6-14(18(25)26)22-17(24)15(21-16(23)9-19)8-11-10-20-13-5-3-2-4-12(11)13/h2-5,10,14-15,20H,6-9,19H2,1H3,(H,21,23)(H,22,24)(H,25,26)/t14-,15+/m1/s1. The topological polar surface area (TPSA) is 137 Å². The van der Waals surface area contributed by atoms with Crippen molar-refractivity contribution in [2.24, 2.45) is 5.73 Å². The smallest absolute Gasteiger partial charge is 0.326 e. The third-order valence-corrected chi connectivity index (χ3v) is 4.81. The quantitative estimate of drug-likeness (QED) is 0.399. The number of thioether (sulfide) groups is 1. The first-order valence-electron chi connectivity index (χ1n) is 8.52. The van der Waals surface area contributed by atoms with E-state index in [-0.39, 0.29) is 13.0 Å². The number of carbonyl (C=O) groups excluding carboxylic acids is 2. The molecule has 1 heterocycles. The van der Waals surface area contributed by atoms with Gasteiger partial charge in [0.2, 0.25) is 11.8 Å². The number of aliphatic carboxylic acids is 1. The number of amides is 2. The molecule has 0 saturated carbocycles. The van der Waals surface area contributed by atoms with Crippen molar-refractivity contribution in [3.63, 3.8) is 0 Å². The molecular formula is C18H24N4O4S. The summed E-state index contributed by atoms with van der Waals surface area (Å²) in [5, 5.41) is 15.4. The SMILES string of the molecule is CSCC[C@@H](NC(=O)[C@H](Cc1c[nH]c2ccccc12)NC(=O)CN)C(=O)O. The van der Waals surface area contributed by atoms with E-state index in [9.17, 15) is 19.5 Å². The molecule has 0 spiro atoms. The minimum absolute atomic E-state index is 0.219. The van der Waals surface area contributed by atoms with Crippen molar-refractivity contribution >= 4 is 40.4 Å². The van der Waals surface area contributed by atoms with Crippen LogP contribution in [0.4, 0.5) is 0 Å². The lowest BCUT2D eigenvalue weighted by atomic mass is 10.0. The van der Waals surface area contributed by atoms with Gasteiger partial charge in [-0.05, 0) is 30.1 Å². The minimum Gasteiger partial charge on any atom is -0.480 e. The van der Waals surface area contributed by atoms with Crippen molar-refractivity contribution < 1.29 is 19.5 Å². The Morgan fingerprint density at radius 3 is 2.63 bits per heavy atom. The predicted molar refractivity (Wildman–Crippen MR) is 106 cm³/mol. The summed E-state index contributed by atoms with van der Waals surface area (Å²) in [6.07, 6.45) is 4.16. The lowest BCUT2D eigenvalue weighted by Crippen LogP contribution is -2.53. The Morgan fingerprint density at radius 1 is 1.22 bits per heavy atom. The third-order valence-electron chi connectivity index (χ3n) is 4.16. The number of H-pyrrole nitrogens is 1. The van der Waals surface area contributed by atoms with Gasteiger partial charge in [-0.15, -0.1) is 0 Å². The van der Waals surface area contributed by atoms with Crippen molar-refractivity contribution in [1.29, 1.82) is 0 Å². The molecule has 1 aromatic carbocycles. The van der Waals surface area contributed by atoms with Crippen molar-refractivity contribution in [3.05, 3.63) is 36.0 Å². The van der Waals surface area contributed by atoms with Gasteiger partial charge in [-0.3, -0.25) is 9.59 Å². The van der Waals surface area contributed by atoms with E-state index in [0.717, 1.165) is 16.5 Å². The molecule has 0 saturated heterocycles. The first-order chi connectivity index (χ1) is 13.0. The van der Waals surface area contributed by atoms with E-state index in [0.29, 0.717) is 12.2 Å². The van der Waals surface area contributed by atoms with Crippen LogP contribution < -0.4 is 16.4 Å². The molecule has 27 heavy (non-hydrogen) atoms. The molecule has 0 aliphatic rings. The fraction of sp³-hybridized carbons (Fsp3) is 0.389. The Labute approximate surface area is 161 Å². The number of rotatable bonds is 10. The zero-order valence-corrected chi connectivity index (χ0v) is 15.8. The Morgan fingerprint density at radius 2 is 1.96 bits per heavy atom. The lowest BCUT2D eigenvalue weighted by molar-refractivity contribution is -0.142. The summed E-state index contributed by atoms with van der Waals surface area (Å²) < 4.78 is 0. The number of hydrogen-bond acceptors (Lipinski definition) is 5. The largest absolute Gasteiger partial charge is 0.480 e. The molecule has 0 fully saturated rings. The van der Waals surface area contributed by atoms with E-state index in [4.69, 9.17) is 5.73 Å². The average molecular weight is 392 g/mol. The number of hydrogen-bond donors (Lipinski definition) is 5. The van der Waals surface area contributed by atoms with Crippen LogP contribution in [0, 0.1) is 0 Å². The molecule has 6 N–H and O–H groups in total. The summed E-state index contributed by atoms with van der Waals surface area (Å²) in [6.45, 7) is -0.257. The molecule has 2 rings (SSSR count). The molecule has 8 nitrogen and oxygen atoms in total. The summed E-state index contributed by atoms with van der Waals surface area (Å²) in [7, 11) is 0. The molecule has 0 unspecified atom stereocenters. The summed E-state index contributed by atoms with van der Waals surface area (Å²) in [5.41, 5.74) is 7.12. The number of aromatic nitrogens is 1. The normalized spacial score (nSPS) is 13.1. The third kappa shape index (κ3) is 5.73. The zero-order valence-electron chi connectivity index (χ0n) is 15.0. The van der Waals surface area contributed by atoms with Gasteiger partial charge >= 0.3 is 5.97 Å². The van der Waals surface area contributed by atoms with Crippen LogP contribution in [0.2, 0.25) is 0 Å². The number of para-hydroxylation sites is 1. The molecule has 2 amide bonds. The van der Waals surface area contributed by atoms with Gasteiger partial charge in [0.25, 0.3) is 0 Å². The van der Waals surface area contributed by atoms with Crippen molar-refractivity contribution in [2.75, 3.05) is 18.6 Å². The molecule has 9 heteroatoms. The second-order valence-corrected chi connectivity index (χ2v) is 7.05. The molecule has 2 atom stereocenters. The lowest BCUT2D eigenvalue weighted by Gasteiger charge is -2.21. The van der Waals surface area contributed by atoms with Crippen LogP contribution in [0.15, 0.2) is 30.5 Å². The molecule has 0 aliphatic heterocycles. The van der Waals surface area contributed by atoms with E-state index >= 15 is 0 Å². The molecular weight excluding hydrogens is 368 g/mol. The molecule has 2 aromatic rings. The first kappa shape index (κ1) is 20.8. The van der Waals surface area contributed by atoms with Gasteiger partial charge in [-0.25, -0.2) is 4.79 Å². The highest BCUT2D eigenvalue weighted by atomic mass is 32.2. The molecule has 146 valence electrons. The summed E-state index contributed by atoms with van der Waals surface area (Å²) in [5.74, 6) is -1.53. The number of aromatic amines is 1. The maximum absolute atomic E-state index is 12.7. The van der Waals surface area contributed by atoms with Crippen LogP contribution in [0.1, 0.15) is 12.0 Å². The summed E-state index contributed by atoms with van der Waals surface area (Å²) >= 11 is 1.50. The van der Waals surface area contributed by atoms with E-state index < -0.39 is 29.9 Å². The fourth-order valence-electron chi connectivity index (χ4n) is 2.75. The van der Waals surface area contributed by atoms with E-state index in [2.05, 4.69) is 15.6 Å². The highest BCUT2D eigenvalue weighted by Crippen LogP contribution is 2.19. The molecule has 0 radical (unpaired) electrons. The molecule has 0 bridgehead atoms. The van der Waals surface area contributed by atoms with E-state index in [1.54, 1.807) is 6.20 Å². The van der Waals surface area contributed by atoms with Crippen molar-refractivity contribution in [3.8, 4) is 0 Å². The Bertz CT molecular complexity index is 808. The van der Waals surface area contributed by atoms with Crippen LogP contribution in [-0.4, -0.2) is 58.5 Å². The number of fused-ring (bicyclic) bond motifs is 1. The Balaban J connectivity index is 2.18. The van der Waals surface area contributed by atoms with Gasteiger partial charge in [0.05, 0.1) is 6.54 Å². The maximum Gasteiger partial charge on any atom is 0.326 e. The number of nitrogens with one attached hydrogen (secondary N) is 3. The predicted octanol–water partition coefficient (Wildman–Crippen LogP) is 0.476. The summed E-state index contributed by atoms with van der Waals surface area (Å²) in [4.78, 5) is 39.0. The van der Waals surface area contributed by atoms with E-state index in [1.807, 2.05) is 30.5 Å². The Kier molecular flexibility index (Phi) is 7.68. The fourth-order valence-corrected chi connectivity index (χ4v) is 3.22. The highest BCUT2D eigenvalue weighted by molar-refractivity contribution is 7.98. The summed E-state index contributed by atoms with van der Waals surface area (Å²) in [6, 6.07) is 5.68. The van der Waals surface area contributed by atoms with E-state index in [1.165, 1.54) is 11.8 Å². The van der Waals surface area contributed by atoms with Gasteiger partial charge in [0.15, 0.2) is 0 Å².